The van der Waals surface area contributed by atoms with Gasteiger partial charge in [-0.05, 0) is 6.42 Å². The second kappa shape index (κ2) is 5.53. The topological polar surface area (TPSA) is 94.3 Å². The summed E-state index contributed by atoms with van der Waals surface area (Å²) in [5, 5.41) is 32.5. The normalized spacial score (nSPS) is 40.9. The second-order valence-corrected chi connectivity index (χ2v) is 5.26. The van der Waals surface area contributed by atoms with Crippen molar-refractivity contribution >= 4 is 16.9 Å². The predicted molar refractivity (Wildman–Crippen MR) is 64.9 cm³/mol. The summed E-state index contributed by atoms with van der Waals surface area (Å²) in [5.41, 5.74) is -0.329. The van der Waals surface area contributed by atoms with Gasteiger partial charge in [0, 0.05) is 6.54 Å². The van der Waals surface area contributed by atoms with Gasteiger partial charge in [0.05, 0.1) is 6.61 Å². The van der Waals surface area contributed by atoms with Crippen LogP contribution >= 0.6 is 11.8 Å². The fraction of sp³-hybridized carbons (Fsp3) is 0.900. The van der Waals surface area contributed by atoms with Crippen molar-refractivity contribution in [1.82, 2.24) is 5.32 Å². The van der Waals surface area contributed by atoms with Crippen molar-refractivity contribution in [2.75, 3.05) is 13.2 Å². The van der Waals surface area contributed by atoms with Crippen LogP contribution in [0.25, 0.3) is 0 Å². The molecule has 0 aliphatic carbocycles. The number of aliphatic hydroxyl groups excluding tert-OH is 3. The molecule has 0 saturated carbocycles. The number of ether oxygens (including phenoxy) is 1. The van der Waals surface area contributed by atoms with Crippen LogP contribution in [0.2, 0.25) is 0 Å². The van der Waals surface area contributed by atoms with Crippen LogP contribution in [0.1, 0.15) is 13.3 Å². The molecule has 4 N–H and O–H groups in total. The molecule has 2 aliphatic heterocycles. The molecule has 6 nitrogen and oxygen atoms in total. The molecule has 7 heteroatoms. The maximum Gasteiger partial charge on any atom is 0.159 e. The molecule has 0 amide bonds. The summed E-state index contributed by atoms with van der Waals surface area (Å²) in [5.74, 6) is 0. The molecule has 2 rings (SSSR count). The summed E-state index contributed by atoms with van der Waals surface area (Å²) in [7, 11) is 0. The number of hydrogen-bond acceptors (Lipinski definition) is 7. The van der Waals surface area contributed by atoms with Gasteiger partial charge in [0.15, 0.2) is 5.17 Å². The molecule has 0 aromatic heterocycles. The zero-order valence-electron chi connectivity index (χ0n) is 9.61. The van der Waals surface area contributed by atoms with E-state index in [2.05, 4.69) is 17.2 Å². The smallest absolute Gasteiger partial charge is 0.159 e. The quantitative estimate of drug-likeness (QED) is 0.516. The zero-order chi connectivity index (χ0) is 12.4. The summed E-state index contributed by atoms with van der Waals surface area (Å²) < 4.78 is 5.50. The van der Waals surface area contributed by atoms with Crippen LogP contribution < -0.4 is 5.32 Å². The summed E-state index contributed by atoms with van der Waals surface area (Å²) >= 11 is 1.39. The van der Waals surface area contributed by atoms with E-state index in [9.17, 15) is 10.2 Å². The summed E-state index contributed by atoms with van der Waals surface area (Å²) in [6, 6.07) is -0.461. The third-order valence-electron chi connectivity index (χ3n) is 2.87. The number of nitrogens with one attached hydrogen (secondary N) is 1. The molecule has 0 aromatic carbocycles. The van der Waals surface area contributed by atoms with Crippen molar-refractivity contribution in [3.05, 3.63) is 0 Å². The Labute approximate surface area is 104 Å². The fourth-order valence-corrected chi connectivity index (χ4v) is 3.04. The number of amidine groups is 1. The first-order valence-electron chi connectivity index (χ1n) is 5.78. The number of thioether (sulfide) groups is 1. The lowest BCUT2D eigenvalue weighted by atomic mass is 9.99. The van der Waals surface area contributed by atoms with Crippen LogP contribution in [0.3, 0.4) is 0 Å². The number of nitrogens with zero attached hydrogens (tertiary/aromatic N) is 1. The van der Waals surface area contributed by atoms with E-state index in [0.29, 0.717) is 0 Å². The molecule has 1 fully saturated rings. The molecular weight excluding hydrogens is 244 g/mol. The average Bonchev–Trinajstić information content (AvgIpc) is 2.74. The van der Waals surface area contributed by atoms with E-state index in [-0.39, 0.29) is 12.0 Å². The third-order valence-corrected chi connectivity index (χ3v) is 3.96. The van der Waals surface area contributed by atoms with Crippen molar-refractivity contribution in [2.45, 2.75) is 43.1 Å². The van der Waals surface area contributed by atoms with Gasteiger partial charge < -0.3 is 25.4 Å². The highest BCUT2D eigenvalue weighted by Gasteiger charge is 2.47. The van der Waals surface area contributed by atoms with Gasteiger partial charge in [0.2, 0.25) is 0 Å². The summed E-state index contributed by atoms with van der Waals surface area (Å²) in [4.78, 5) is 4.30. The Balaban J connectivity index is 2.01. The Morgan fingerprint density at radius 1 is 1.41 bits per heavy atom. The monoisotopic (exact) mass is 262 g/mol. The average molecular weight is 262 g/mol. The number of fused-ring (bicyclic) bond motifs is 1. The first kappa shape index (κ1) is 13.1. The summed E-state index contributed by atoms with van der Waals surface area (Å²) in [6.07, 6.45) is -1.82. The van der Waals surface area contributed by atoms with Crippen LogP contribution in [-0.4, -0.2) is 63.4 Å². The maximum absolute atomic E-state index is 9.90. The van der Waals surface area contributed by atoms with Crippen molar-refractivity contribution in [2.24, 2.45) is 4.99 Å². The van der Waals surface area contributed by atoms with E-state index in [1.807, 2.05) is 0 Å². The van der Waals surface area contributed by atoms with Crippen LogP contribution in [0.5, 0.6) is 0 Å². The Morgan fingerprint density at radius 2 is 2.18 bits per heavy atom. The molecule has 0 unspecified atom stereocenters. The van der Waals surface area contributed by atoms with Gasteiger partial charge >= 0.3 is 0 Å². The standard InChI is InChI=1S/C10H18N2O4S/c1-2-3-11-10-12-6-8(15)7(14)5(4-13)16-9(6)17-10/h5-9,13-15H,2-4H2,1H3,(H,11,12)/t5-,6-,7-,8+,9-/m1/s1. The van der Waals surface area contributed by atoms with E-state index in [0.717, 1.165) is 18.1 Å². The van der Waals surface area contributed by atoms with Gasteiger partial charge in [-0.3, -0.25) is 4.99 Å². The molecule has 5 atom stereocenters. The van der Waals surface area contributed by atoms with Gasteiger partial charge in [-0.15, -0.1) is 0 Å². The number of rotatable bonds is 3. The Bertz CT molecular complexity index is 302. The van der Waals surface area contributed by atoms with Gasteiger partial charge in [-0.1, -0.05) is 18.7 Å². The molecule has 1 saturated heterocycles. The Morgan fingerprint density at radius 3 is 2.82 bits per heavy atom. The van der Waals surface area contributed by atoms with Crippen LogP contribution in [-0.2, 0) is 4.74 Å². The molecular formula is C10H18N2O4S. The number of aliphatic hydroxyl groups is 3. The first-order chi connectivity index (χ1) is 8.17. The van der Waals surface area contributed by atoms with Gasteiger partial charge in [0.1, 0.15) is 29.8 Å². The van der Waals surface area contributed by atoms with Gasteiger partial charge in [-0.2, -0.15) is 0 Å². The molecule has 0 aromatic rings. The van der Waals surface area contributed by atoms with Crippen LogP contribution in [0.4, 0.5) is 0 Å². The lowest BCUT2D eigenvalue weighted by Crippen LogP contribution is -2.55. The van der Waals surface area contributed by atoms with Crippen LogP contribution in [0.15, 0.2) is 4.99 Å². The lowest BCUT2D eigenvalue weighted by Gasteiger charge is -2.37. The van der Waals surface area contributed by atoms with E-state index < -0.39 is 24.4 Å². The second-order valence-electron chi connectivity index (χ2n) is 4.18. The maximum atomic E-state index is 9.90. The van der Waals surface area contributed by atoms with E-state index >= 15 is 0 Å². The lowest BCUT2D eigenvalue weighted by molar-refractivity contribution is -0.164. The molecule has 0 spiro atoms. The van der Waals surface area contributed by atoms with Gasteiger partial charge in [0.25, 0.3) is 0 Å². The highest BCUT2D eigenvalue weighted by atomic mass is 32.2. The SMILES string of the molecule is CCCNC1=N[C@@H]2[C@H](O)[C@H](O)[C@@H](CO)O[C@@H]2S1. The molecule has 2 aliphatic rings. The minimum Gasteiger partial charge on any atom is -0.394 e. The van der Waals surface area contributed by atoms with E-state index in [1.54, 1.807) is 0 Å². The number of hydrogen-bond donors (Lipinski definition) is 4. The highest BCUT2D eigenvalue weighted by Crippen LogP contribution is 2.35. The van der Waals surface area contributed by atoms with Crippen molar-refractivity contribution in [1.29, 1.82) is 0 Å². The largest absolute Gasteiger partial charge is 0.394 e. The molecule has 0 bridgehead atoms. The molecule has 0 radical (unpaired) electrons. The highest BCUT2D eigenvalue weighted by molar-refractivity contribution is 8.14. The van der Waals surface area contributed by atoms with Crippen molar-refractivity contribution in [3.63, 3.8) is 0 Å². The summed E-state index contributed by atoms with van der Waals surface area (Å²) in [6.45, 7) is 2.56. The van der Waals surface area contributed by atoms with E-state index in [4.69, 9.17) is 9.84 Å². The third kappa shape index (κ3) is 2.58. The molecule has 2 heterocycles. The van der Waals surface area contributed by atoms with Crippen molar-refractivity contribution < 1.29 is 20.1 Å². The molecule has 98 valence electrons. The molecule has 17 heavy (non-hydrogen) atoms. The fourth-order valence-electron chi connectivity index (χ4n) is 1.90. The van der Waals surface area contributed by atoms with Gasteiger partial charge in [-0.25, -0.2) is 0 Å². The Kier molecular flexibility index (Phi) is 4.26. The van der Waals surface area contributed by atoms with Crippen molar-refractivity contribution in [3.8, 4) is 0 Å². The first-order valence-corrected chi connectivity index (χ1v) is 6.66. The predicted octanol–water partition coefficient (Wildman–Crippen LogP) is -1.10. The number of aliphatic imine (C=N–C) groups is 1. The van der Waals surface area contributed by atoms with E-state index in [1.165, 1.54) is 11.8 Å². The minimum atomic E-state index is -1.09. The Hall–Kier alpha value is -0.340. The zero-order valence-corrected chi connectivity index (χ0v) is 10.4. The van der Waals surface area contributed by atoms with Crippen LogP contribution in [0, 0.1) is 0 Å². The minimum absolute atomic E-state index is 0.306.